The molecule has 1 aromatic heterocycles. The third-order valence-corrected chi connectivity index (χ3v) is 3.45. The number of carbonyl (C=O) groups is 2. The molecule has 9 nitrogen and oxygen atoms in total. The first-order valence-corrected chi connectivity index (χ1v) is 7.22. The first kappa shape index (κ1) is 16.1. The predicted octanol–water partition coefficient (Wildman–Crippen LogP) is -1.23. The molecule has 0 bridgehead atoms. The summed E-state index contributed by atoms with van der Waals surface area (Å²) in [6.07, 6.45) is 2.10. The van der Waals surface area contributed by atoms with Crippen molar-refractivity contribution in [3.05, 3.63) is 12.4 Å². The summed E-state index contributed by atoms with van der Waals surface area (Å²) in [6.45, 7) is 2.67. The molecule has 0 aliphatic rings. The maximum Gasteiger partial charge on any atom is 0.325 e. The van der Waals surface area contributed by atoms with Crippen molar-refractivity contribution >= 4 is 21.9 Å². The van der Waals surface area contributed by atoms with Gasteiger partial charge >= 0.3 is 5.97 Å². The Hall–Kier alpha value is -1.94. The molecule has 0 radical (unpaired) electrons. The van der Waals surface area contributed by atoms with Gasteiger partial charge in [-0.3, -0.25) is 14.3 Å². The van der Waals surface area contributed by atoms with Crippen molar-refractivity contribution in [2.45, 2.75) is 31.3 Å². The van der Waals surface area contributed by atoms with Crippen LogP contribution in [0.2, 0.25) is 0 Å². The summed E-state index contributed by atoms with van der Waals surface area (Å²) in [5.41, 5.74) is 0. The van der Waals surface area contributed by atoms with Gasteiger partial charge in [0.2, 0.25) is 15.9 Å². The average molecular weight is 304 g/mol. The zero-order valence-corrected chi connectivity index (χ0v) is 11.8. The summed E-state index contributed by atoms with van der Waals surface area (Å²) in [6, 6.07) is -0.0923. The highest BCUT2D eigenvalue weighted by Crippen LogP contribution is 2.06. The summed E-state index contributed by atoms with van der Waals surface area (Å²) in [4.78, 5) is 21.6. The molecule has 0 atom stereocenters. The number of hydrogen-bond donors (Lipinski definition) is 3. The molecule has 10 heteroatoms. The number of carboxylic acid groups (broad SMARTS) is 1. The van der Waals surface area contributed by atoms with E-state index in [2.05, 4.69) is 15.1 Å². The van der Waals surface area contributed by atoms with Crippen molar-refractivity contribution in [1.82, 2.24) is 19.8 Å². The SMILES string of the molecule is CC(C)NC(=O)CNS(=O)(=O)c1cnn(CC(=O)O)c1. The molecule has 0 unspecified atom stereocenters. The lowest BCUT2D eigenvalue weighted by atomic mass is 10.4. The zero-order valence-electron chi connectivity index (χ0n) is 11.0. The number of rotatable bonds is 7. The molecule has 20 heavy (non-hydrogen) atoms. The second-order valence-electron chi connectivity index (χ2n) is 4.31. The minimum absolute atomic E-state index is 0.0923. The molecule has 1 amide bonds. The topological polar surface area (TPSA) is 130 Å². The molecular formula is C10H16N4O5S. The Morgan fingerprint density at radius 3 is 2.65 bits per heavy atom. The lowest BCUT2D eigenvalue weighted by Gasteiger charge is -2.08. The monoisotopic (exact) mass is 304 g/mol. The van der Waals surface area contributed by atoms with Crippen molar-refractivity contribution in [1.29, 1.82) is 0 Å². The summed E-state index contributed by atoms with van der Waals surface area (Å²) < 4.78 is 26.7. The number of carbonyl (C=O) groups excluding carboxylic acids is 1. The van der Waals surface area contributed by atoms with Crippen LogP contribution in [0.3, 0.4) is 0 Å². The van der Waals surface area contributed by atoms with Crippen LogP contribution < -0.4 is 10.0 Å². The van der Waals surface area contributed by atoms with Crippen molar-refractivity contribution in [2.24, 2.45) is 0 Å². The Balaban J connectivity index is 2.67. The van der Waals surface area contributed by atoms with E-state index in [1.54, 1.807) is 13.8 Å². The number of nitrogens with one attached hydrogen (secondary N) is 2. The molecule has 0 saturated carbocycles. The second-order valence-corrected chi connectivity index (χ2v) is 6.08. The van der Waals surface area contributed by atoms with E-state index in [1.165, 1.54) is 0 Å². The van der Waals surface area contributed by atoms with Crippen LogP contribution in [-0.4, -0.2) is 47.8 Å². The van der Waals surface area contributed by atoms with Gasteiger partial charge in [-0.1, -0.05) is 0 Å². The van der Waals surface area contributed by atoms with E-state index in [9.17, 15) is 18.0 Å². The minimum atomic E-state index is -3.89. The first-order valence-electron chi connectivity index (χ1n) is 5.74. The van der Waals surface area contributed by atoms with Crippen LogP contribution in [0.25, 0.3) is 0 Å². The van der Waals surface area contributed by atoms with Crippen LogP contribution in [0, 0.1) is 0 Å². The summed E-state index contributed by atoms with van der Waals surface area (Å²) >= 11 is 0. The number of hydrogen-bond acceptors (Lipinski definition) is 5. The molecule has 0 fully saturated rings. The van der Waals surface area contributed by atoms with E-state index in [1.807, 2.05) is 0 Å². The standard InChI is InChI=1S/C10H16N4O5S/c1-7(2)13-9(15)4-12-20(18,19)8-3-11-14(5-8)6-10(16)17/h3,5,7,12H,4,6H2,1-2H3,(H,13,15)(H,16,17). The van der Waals surface area contributed by atoms with Crippen LogP contribution in [0.4, 0.5) is 0 Å². The molecule has 3 N–H and O–H groups in total. The van der Waals surface area contributed by atoms with Gasteiger partial charge in [-0.25, -0.2) is 13.1 Å². The van der Waals surface area contributed by atoms with E-state index in [0.29, 0.717) is 0 Å². The Morgan fingerprint density at radius 2 is 2.10 bits per heavy atom. The molecule has 0 aliphatic heterocycles. The van der Waals surface area contributed by atoms with Gasteiger partial charge in [0.1, 0.15) is 11.4 Å². The van der Waals surface area contributed by atoms with Crippen molar-refractivity contribution in [2.75, 3.05) is 6.54 Å². The fraction of sp³-hybridized carbons (Fsp3) is 0.500. The first-order chi connectivity index (χ1) is 9.20. The van der Waals surface area contributed by atoms with Crippen LogP contribution in [0.1, 0.15) is 13.8 Å². The predicted molar refractivity (Wildman–Crippen MR) is 68.3 cm³/mol. The largest absolute Gasteiger partial charge is 0.480 e. The molecule has 0 spiro atoms. The summed E-state index contributed by atoms with van der Waals surface area (Å²) in [7, 11) is -3.89. The molecule has 0 saturated heterocycles. The summed E-state index contributed by atoms with van der Waals surface area (Å²) in [5.74, 6) is -1.59. The van der Waals surface area contributed by atoms with Crippen LogP contribution in [0.5, 0.6) is 0 Å². The molecule has 112 valence electrons. The van der Waals surface area contributed by atoms with Crippen molar-refractivity contribution in [3.8, 4) is 0 Å². The Morgan fingerprint density at radius 1 is 1.45 bits per heavy atom. The van der Waals surface area contributed by atoms with Gasteiger partial charge in [-0.05, 0) is 13.8 Å². The smallest absolute Gasteiger partial charge is 0.325 e. The fourth-order valence-corrected chi connectivity index (χ4v) is 2.26. The number of amides is 1. The highest BCUT2D eigenvalue weighted by molar-refractivity contribution is 7.89. The molecule has 1 aromatic rings. The van der Waals surface area contributed by atoms with Crippen LogP contribution in [0.15, 0.2) is 17.3 Å². The van der Waals surface area contributed by atoms with E-state index in [0.717, 1.165) is 17.1 Å². The van der Waals surface area contributed by atoms with Crippen molar-refractivity contribution in [3.63, 3.8) is 0 Å². The normalized spacial score (nSPS) is 11.6. The number of aliphatic carboxylic acids is 1. The minimum Gasteiger partial charge on any atom is -0.480 e. The van der Waals surface area contributed by atoms with Gasteiger partial charge < -0.3 is 10.4 Å². The number of sulfonamides is 1. The van der Waals surface area contributed by atoms with Gasteiger partial charge in [0.25, 0.3) is 0 Å². The Bertz CT molecular complexity index is 593. The second kappa shape index (κ2) is 6.48. The van der Waals surface area contributed by atoms with E-state index in [4.69, 9.17) is 5.11 Å². The lowest BCUT2D eigenvalue weighted by molar-refractivity contribution is -0.137. The Kier molecular flexibility index (Phi) is 5.22. The third kappa shape index (κ3) is 4.97. The molecule has 0 aliphatic carbocycles. The van der Waals surface area contributed by atoms with Crippen molar-refractivity contribution < 1.29 is 23.1 Å². The van der Waals surface area contributed by atoms with E-state index < -0.39 is 35.0 Å². The number of aromatic nitrogens is 2. The summed E-state index contributed by atoms with van der Waals surface area (Å²) in [5, 5.41) is 14.7. The Labute approximate surface area is 116 Å². The maximum atomic E-state index is 11.8. The maximum absolute atomic E-state index is 11.8. The number of nitrogens with zero attached hydrogens (tertiary/aromatic N) is 2. The zero-order chi connectivity index (χ0) is 15.3. The molecule has 1 heterocycles. The quantitative estimate of drug-likeness (QED) is 0.578. The molecule has 1 rings (SSSR count). The van der Waals surface area contributed by atoms with Gasteiger partial charge in [0.05, 0.1) is 12.7 Å². The van der Waals surface area contributed by atoms with Gasteiger partial charge in [0.15, 0.2) is 0 Å². The average Bonchev–Trinajstić information content (AvgIpc) is 2.74. The van der Waals surface area contributed by atoms with E-state index in [-0.39, 0.29) is 10.9 Å². The fourth-order valence-electron chi connectivity index (χ4n) is 1.33. The third-order valence-electron chi connectivity index (χ3n) is 2.09. The van der Waals surface area contributed by atoms with E-state index >= 15 is 0 Å². The highest BCUT2D eigenvalue weighted by atomic mass is 32.2. The molecular weight excluding hydrogens is 288 g/mol. The van der Waals surface area contributed by atoms with Crippen LogP contribution in [-0.2, 0) is 26.2 Å². The number of carboxylic acids is 1. The van der Waals surface area contributed by atoms with Gasteiger partial charge in [0, 0.05) is 12.2 Å². The van der Waals surface area contributed by atoms with Gasteiger partial charge in [-0.2, -0.15) is 5.10 Å². The lowest BCUT2D eigenvalue weighted by Crippen LogP contribution is -2.39. The molecule has 0 aromatic carbocycles. The highest BCUT2D eigenvalue weighted by Gasteiger charge is 2.18. The van der Waals surface area contributed by atoms with Crippen LogP contribution >= 0.6 is 0 Å². The van der Waals surface area contributed by atoms with Gasteiger partial charge in [-0.15, -0.1) is 0 Å².